The predicted molar refractivity (Wildman–Crippen MR) is 71.4 cm³/mol. The summed E-state index contributed by atoms with van der Waals surface area (Å²) in [5.41, 5.74) is 6.89. The van der Waals surface area contributed by atoms with E-state index >= 15 is 0 Å². The first-order chi connectivity index (χ1) is 8.46. The number of nitrogens with two attached hydrogens (primary N) is 1. The summed E-state index contributed by atoms with van der Waals surface area (Å²) in [4.78, 5) is 2.07. The molecule has 1 aliphatic rings. The zero-order valence-electron chi connectivity index (χ0n) is 11.1. The number of hydrogen-bond acceptors (Lipinski definition) is 5. The van der Waals surface area contributed by atoms with Crippen LogP contribution in [0.25, 0.3) is 0 Å². The summed E-state index contributed by atoms with van der Waals surface area (Å²) in [5, 5.41) is 10.0. The van der Waals surface area contributed by atoms with Gasteiger partial charge in [-0.3, -0.25) is 0 Å². The monoisotopic (exact) mass is 252 g/mol. The average molecular weight is 252 g/mol. The van der Waals surface area contributed by atoms with Gasteiger partial charge in [-0.25, -0.2) is 0 Å². The van der Waals surface area contributed by atoms with Crippen LogP contribution < -0.4 is 20.1 Å². The fourth-order valence-electron chi connectivity index (χ4n) is 2.31. The Morgan fingerprint density at radius 2 is 1.89 bits per heavy atom. The first-order valence-electron chi connectivity index (χ1n) is 5.95. The number of anilines is 2. The van der Waals surface area contributed by atoms with E-state index in [-0.39, 0.29) is 0 Å². The van der Waals surface area contributed by atoms with Gasteiger partial charge in [-0.1, -0.05) is 0 Å². The fraction of sp³-hybridized carbons (Fsp3) is 0.538. The maximum absolute atomic E-state index is 10.0. The van der Waals surface area contributed by atoms with Crippen molar-refractivity contribution in [3.8, 4) is 11.5 Å². The SMILES string of the molecule is COc1cc(N)c(N2CCC(C)(O)C2)cc1OC. The van der Waals surface area contributed by atoms with Gasteiger partial charge in [0, 0.05) is 25.2 Å². The molecule has 0 saturated carbocycles. The van der Waals surface area contributed by atoms with Crippen molar-refractivity contribution in [3.63, 3.8) is 0 Å². The lowest BCUT2D eigenvalue weighted by Gasteiger charge is -2.23. The summed E-state index contributed by atoms with van der Waals surface area (Å²) in [5.74, 6) is 1.26. The van der Waals surface area contributed by atoms with Crippen LogP contribution in [0.5, 0.6) is 11.5 Å². The first-order valence-corrected chi connectivity index (χ1v) is 5.95. The zero-order chi connectivity index (χ0) is 13.3. The normalized spacial score (nSPS) is 23.2. The molecule has 0 spiro atoms. The average Bonchev–Trinajstić information content (AvgIpc) is 2.69. The van der Waals surface area contributed by atoms with Crippen LogP contribution in [0.1, 0.15) is 13.3 Å². The van der Waals surface area contributed by atoms with Gasteiger partial charge in [0.2, 0.25) is 0 Å². The number of β-amino-alcohol motifs (C(OH)–C–C–N with tert-alkyl or cyclic N) is 1. The smallest absolute Gasteiger partial charge is 0.162 e. The van der Waals surface area contributed by atoms with Crippen molar-refractivity contribution in [2.75, 3.05) is 37.9 Å². The Morgan fingerprint density at radius 1 is 1.28 bits per heavy atom. The lowest BCUT2D eigenvalue weighted by Crippen LogP contribution is -2.29. The van der Waals surface area contributed by atoms with E-state index in [4.69, 9.17) is 15.2 Å². The molecule has 0 aromatic heterocycles. The number of benzene rings is 1. The Labute approximate surface area is 107 Å². The van der Waals surface area contributed by atoms with Crippen molar-refractivity contribution >= 4 is 11.4 Å². The summed E-state index contributed by atoms with van der Waals surface area (Å²) >= 11 is 0. The van der Waals surface area contributed by atoms with Crippen LogP contribution >= 0.6 is 0 Å². The molecule has 0 bridgehead atoms. The molecule has 18 heavy (non-hydrogen) atoms. The molecular weight excluding hydrogens is 232 g/mol. The standard InChI is InChI=1S/C13H20N2O3/c1-13(16)4-5-15(8-13)10-7-12(18-3)11(17-2)6-9(10)14/h6-7,16H,4-5,8,14H2,1-3H3. The van der Waals surface area contributed by atoms with Crippen LogP contribution in [0, 0.1) is 0 Å². The number of aliphatic hydroxyl groups is 1. The maximum atomic E-state index is 10.0. The number of rotatable bonds is 3. The molecule has 0 aliphatic carbocycles. The molecule has 2 rings (SSSR count). The topological polar surface area (TPSA) is 68.0 Å². The summed E-state index contributed by atoms with van der Waals surface area (Å²) < 4.78 is 10.5. The van der Waals surface area contributed by atoms with E-state index in [1.807, 2.05) is 13.0 Å². The number of ether oxygens (including phenoxy) is 2. The lowest BCUT2D eigenvalue weighted by molar-refractivity contribution is 0.0839. The summed E-state index contributed by atoms with van der Waals surface area (Å²) in [6.07, 6.45) is 0.737. The summed E-state index contributed by atoms with van der Waals surface area (Å²) in [6, 6.07) is 3.61. The molecule has 3 N–H and O–H groups in total. The Morgan fingerprint density at radius 3 is 2.39 bits per heavy atom. The molecule has 1 aromatic rings. The minimum Gasteiger partial charge on any atom is -0.493 e. The second kappa shape index (κ2) is 4.57. The van der Waals surface area contributed by atoms with E-state index in [9.17, 15) is 5.11 Å². The van der Waals surface area contributed by atoms with Gasteiger partial charge in [0.1, 0.15) is 0 Å². The first kappa shape index (κ1) is 12.8. The third-order valence-electron chi connectivity index (χ3n) is 3.33. The highest BCUT2D eigenvalue weighted by Crippen LogP contribution is 2.38. The van der Waals surface area contributed by atoms with Crippen LogP contribution in [0.3, 0.4) is 0 Å². The molecule has 1 heterocycles. The molecule has 5 heteroatoms. The van der Waals surface area contributed by atoms with Crippen LogP contribution in [-0.2, 0) is 0 Å². The molecule has 1 fully saturated rings. The van der Waals surface area contributed by atoms with Gasteiger partial charge in [-0.05, 0) is 13.3 Å². The highest BCUT2D eigenvalue weighted by Gasteiger charge is 2.32. The van der Waals surface area contributed by atoms with E-state index in [1.54, 1.807) is 20.3 Å². The third-order valence-corrected chi connectivity index (χ3v) is 3.33. The second-order valence-electron chi connectivity index (χ2n) is 4.93. The molecule has 0 amide bonds. The lowest BCUT2D eigenvalue weighted by atomic mass is 10.1. The highest BCUT2D eigenvalue weighted by atomic mass is 16.5. The van der Waals surface area contributed by atoms with E-state index in [0.717, 1.165) is 18.7 Å². The van der Waals surface area contributed by atoms with E-state index in [2.05, 4.69) is 4.90 Å². The van der Waals surface area contributed by atoms with Crippen molar-refractivity contribution < 1.29 is 14.6 Å². The largest absolute Gasteiger partial charge is 0.493 e. The van der Waals surface area contributed by atoms with Gasteiger partial charge in [0.25, 0.3) is 0 Å². The molecule has 0 radical (unpaired) electrons. The Balaban J connectivity index is 2.34. The van der Waals surface area contributed by atoms with Gasteiger partial charge < -0.3 is 25.2 Å². The van der Waals surface area contributed by atoms with E-state index < -0.39 is 5.60 Å². The summed E-state index contributed by atoms with van der Waals surface area (Å²) in [7, 11) is 3.18. The van der Waals surface area contributed by atoms with Gasteiger partial charge in [-0.2, -0.15) is 0 Å². The third kappa shape index (κ3) is 2.31. The van der Waals surface area contributed by atoms with Crippen molar-refractivity contribution in [3.05, 3.63) is 12.1 Å². The number of nitrogen functional groups attached to an aromatic ring is 1. The van der Waals surface area contributed by atoms with E-state index in [0.29, 0.717) is 23.7 Å². The Bertz CT molecular complexity index is 446. The quantitative estimate of drug-likeness (QED) is 0.792. The number of nitrogens with zero attached hydrogens (tertiary/aromatic N) is 1. The van der Waals surface area contributed by atoms with Crippen LogP contribution in [-0.4, -0.2) is 38.0 Å². The molecule has 1 aliphatic heterocycles. The number of hydrogen-bond donors (Lipinski definition) is 2. The zero-order valence-corrected chi connectivity index (χ0v) is 11.1. The van der Waals surface area contributed by atoms with E-state index in [1.165, 1.54) is 0 Å². The van der Waals surface area contributed by atoms with Crippen LogP contribution in [0.15, 0.2) is 12.1 Å². The molecule has 1 saturated heterocycles. The second-order valence-corrected chi connectivity index (χ2v) is 4.93. The molecule has 1 atom stereocenters. The Kier molecular flexibility index (Phi) is 3.26. The van der Waals surface area contributed by atoms with Crippen LogP contribution in [0.4, 0.5) is 11.4 Å². The summed E-state index contributed by atoms with van der Waals surface area (Å²) in [6.45, 7) is 3.20. The van der Waals surface area contributed by atoms with Gasteiger partial charge in [0.05, 0.1) is 31.2 Å². The molecule has 1 unspecified atom stereocenters. The Hall–Kier alpha value is -1.62. The maximum Gasteiger partial charge on any atom is 0.162 e. The van der Waals surface area contributed by atoms with Crippen molar-refractivity contribution in [2.24, 2.45) is 0 Å². The van der Waals surface area contributed by atoms with Gasteiger partial charge in [0.15, 0.2) is 11.5 Å². The van der Waals surface area contributed by atoms with Crippen molar-refractivity contribution in [1.82, 2.24) is 0 Å². The molecule has 1 aromatic carbocycles. The highest BCUT2D eigenvalue weighted by molar-refractivity contribution is 5.73. The molecular formula is C13H20N2O3. The van der Waals surface area contributed by atoms with Crippen molar-refractivity contribution in [1.29, 1.82) is 0 Å². The minimum absolute atomic E-state index is 0.576. The van der Waals surface area contributed by atoms with Gasteiger partial charge >= 0.3 is 0 Å². The van der Waals surface area contributed by atoms with Crippen molar-refractivity contribution in [2.45, 2.75) is 18.9 Å². The van der Waals surface area contributed by atoms with Crippen LogP contribution in [0.2, 0.25) is 0 Å². The number of methoxy groups -OCH3 is 2. The molecule has 5 nitrogen and oxygen atoms in total. The predicted octanol–water partition coefficient (Wildman–Crippen LogP) is 1.25. The fourth-order valence-corrected chi connectivity index (χ4v) is 2.31. The van der Waals surface area contributed by atoms with Gasteiger partial charge in [-0.15, -0.1) is 0 Å². The minimum atomic E-state index is -0.653. The molecule has 100 valence electrons.